The summed E-state index contributed by atoms with van der Waals surface area (Å²) >= 11 is 1.57. The molecular weight excluding hydrogens is 683 g/mol. The van der Waals surface area contributed by atoms with E-state index in [2.05, 4.69) is 51.5 Å². The molecule has 0 unspecified atom stereocenters. The van der Waals surface area contributed by atoms with Gasteiger partial charge in [0.05, 0.1) is 4.92 Å². The Labute approximate surface area is 302 Å². The number of hydrogen-bond acceptors (Lipinski definition) is 9. The molecule has 6 rings (SSSR count). The van der Waals surface area contributed by atoms with Crippen LogP contribution >= 0.6 is 11.8 Å². The number of carbonyl (C=O) groups is 1. The quantitative estimate of drug-likeness (QED) is 0.0567. The normalized spacial score (nSPS) is 14.2. The zero-order valence-corrected chi connectivity index (χ0v) is 29.8. The van der Waals surface area contributed by atoms with Gasteiger partial charge in [-0.2, -0.15) is 0 Å². The lowest BCUT2D eigenvalue weighted by atomic mass is 9.99. The molecule has 0 amide bonds. The number of primary sulfonamides is 1. The number of nitrogens with two attached hydrogens (primary N) is 1. The van der Waals surface area contributed by atoms with Gasteiger partial charge in [-0.15, -0.1) is 11.8 Å². The molecule has 262 valence electrons. The molecule has 0 radical (unpaired) electrons. The van der Waals surface area contributed by atoms with Crippen LogP contribution in [-0.4, -0.2) is 62.0 Å². The second-order valence-electron chi connectivity index (χ2n) is 12.5. The predicted octanol–water partition coefficient (Wildman–Crippen LogP) is 7.06. The van der Waals surface area contributed by atoms with Crippen molar-refractivity contribution < 1.29 is 18.1 Å². The summed E-state index contributed by atoms with van der Waals surface area (Å²) in [5, 5.41) is 21.1. The second kappa shape index (κ2) is 15.9. The Morgan fingerprint density at radius 2 is 1.49 bits per heavy atom. The van der Waals surface area contributed by atoms with Crippen molar-refractivity contribution in [2.24, 2.45) is 5.14 Å². The summed E-state index contributed by atoms with van der Waals surface area (Å²) in [4.78, 5) is 30.8. The molecule has 1 aliphatic rings. The molecule has 51 heavy (non-hydrogen) atoms. The van der Waals surface area contributed by atoms with Gasteiger partial charge in [0.2, 0.25) is 15.8 Å². The smallest absolute Gasteiger partial charge is 0.304 e. The van der Waals surface area contributed by atoms with E-state index in [-0.39, 0.29) is 17.3 Å². The molecule has 1 saturated heterocycles. The van der Waals surface area contributed by atoms with Gasteiger partial charge in [-0.3, -0.25) is 19.8 Å². The average Bonchev–Trinajstić information content (AvgIpc) is 3.14. The third-order valence-electron chi connectivity index (χ3n) is 8.86. The third kappa shape index (κ3) is 8.66. The first kappa shape index (κ1) is 35.8. The molecule has 0 bridgehead atoms. The molecule has 12 heteroatoms. The van der Waals surface area contributed by atoms with E-state index < -0.39 is 36.9 Å². The molecule has 3 N–H and O–H groups in total. The lowest BCUT2D eigenvalue weighted by molar-refractivity contribution is -0.384. The third-order valence-corrected chi connectivity index (χ3v) is 11.1. The highest BCUT2D eigenvalue weighted by molar-refractivity contribution is 7.99. The highest BCUT2D eigenvalue weighted by Gasteiger charge is 2.33. The number of hydrogen-bond donors (Lipinski definition) is 2. The summed E-state index contributed by atoms with van der Waals surface area (Å²) in [5.74, 6) is -0.230. The fraction of sp³-hybridized carbons (Fsp3) is 0.205. The fourth-order valence-electron chi connectivity index (χ4n) is 6.31. The summed E-state index contributed by atoms with van der Waals surface area (Å²) in [6, 6.07) is 37.5. The number of rotatable bonds is 13. The van der Waals surface area contributed by atoms with Crippen LogP contribution in [0, 0.1) is 10.1 Å². The maximum Gasteiger partial charge on any atom is 0.304 e. The van der Waals surface area contributed by atoms with Crippen LogP contribution in [0.4, 0.5) is 17.1 Å². The van der Waals surface area contributed by atoms with Crippen LogP contribution < -0.4 is 15.4 Å². The van der Waals surface area contributed by atoms with E-state index in [4.69, 9.17) is 5.14 Å². The number of nitro benzene ring substituents is 1. The molecule has 0 aliphatic carbocycles. The highest BCUT2D eigenvalue weighted by atomic mass is 32.2. The number of anilines is 2. The Kier molecular flexibility index (Phi) is 11.2. The Balaban J connectivity index is 1.17. The Morgan fingerprint density at radius 1 is 0.863 bits per heavy atom. The number of nitrogens with one attached hydrogen (secondary N) is 1. The van der Waals surface area contributed by atoms with Crippen LogP contribution in [0.3, 0.4) is 0 Å². The van der Waals surface area contributed by atoms with Crippen molar-refractivity contribution in [2.75, 3.05) is 42.1 Å². The van der Waals surface area contributed by atoms with Crippen molar-refractivity contribution in [3.05, 3.63) is 148 Å². The zero-order valence-electron chi connectivity index (χ0n) is 28.1. The van der Waals surface area contributed by atoms with Gasteiger partial charge in [0, 0.05) is 60.7 Å². The number of nitro groups is 1. The monoisotopic (exact) mass is 721 g/mol. The van der Waals surface area contributed by atoms with Crippen LogP contribution in [0.25, 0.3) is 11.1 Å². The van der Waals surface area contributed by atoms with Gasteiger partial charge < -0.3 is 10.2 Å². The minimum Gasteiger partial charge on any atom is -0.376 e. The summed E-state index contributed by atoms with van der Waals surface area (Å²) in [6.07, 6.45) is 0. The molecule has 1 atom stereocenters. The number of sulfonamides is 1. The molecule has 5 aromatic rings. The molecule has 0 spiro atoms. The maximum atomic E-state index is 13.9. The summed E-state index contributed by atoms with van der Waals surface area (Å²) in [6.45, 7) is 5.92. The van der Waals surface area contributed by atoms with E-state index in [0.29, 0.717) is 5.75 Å². The first-order valence-electron chi connectivity index (χ1n) is 16.6. The molecule has 1 aliphatic heterocycles. The van der Waals surface area contributed by atoms with Gasteiger partial charge in [0.25, 0.3) is 0 Å². The van der Waals surface area contributed by atoms with Crippen molar-refractivity contribution in [3.8, 4) is 11.1 Å². The largest absolute Gasteiger partial charge is 0.376 e. The first-order chi connectivity index (χ1) is 24.6. The summed E-state index contributed by atoms with van der Waals surface area (Å²) in [5.41, 5.74) is 3.56. The number of piperazine rings is 1. The Bertz CT molecular complexity index is 2110. The standard InChI is InChI=1S/C39H39N5O5S2/c1-28(27-50-33-13-6-3-7-14-33)41-35-20-21-36(51(40,48)49)37(38(35)44(46)47)39(45)30-16-18-32(19-17-30)43-24-22-42(23-25-43)26-31-12-8-9-15-34(31)29-10-4-2-5-11-29/h2-21,28,41H,22-27H2,1H3,(H2,40,48,49)/t28-/m0/s1. The maximum absolute atomic E-state index is 13.9. The van der Waals surface area contributed by atoms with E-state index in [9.17, 15) is 23.3 Å². The number of carbonyl (C=O) groups excluding carboxylic acids is 1. The molecule has 10 nitrogen and oxygen atoms in total. The van der Waals surface area contributed by atoms with Crippen molar-refractivity contribution in [2.45, 2.75) is 29.3 Å². The van der Waals surface area contributed by atoms with Crippen LogP contribution in [-0.2, 0) is 16.6 Å². The Morgan fingerprint density at radius 3 is 2.14 bits per heavy atom. The van der Waals surface area contributed by atoms with Gasteiger partial charge in [0.1, 0.15) is 16.1 Å². The second-order valence-corrected chi connectivity index (χ2v) is 15.1. The summed E-state index contributed by atoms with van der Waals surface area (Å²) < 4.78 is 25.2. The van der Waals surface area contributed by atoms with Crippen molar-refractivity contribution in [1.82, 2.24) is 4.90 Å². The van der Waals surface area contributed by atoms with Crippen LogP contribution in [0.2, 0.25) is 0 Å². The van der Waals surface area contributed by atoms with Gasteiger partial charge in [0.15, 0.2) is 0 Å². The van der Waals surface area contributed by atoms with Crippen molar-refractivity contribution in [3.63, 3.8) is 0 Å². The molecular formula is C39H39N5O5S2. The average molecular weight is 722 g/mol. The number of ketones is 1. The lowest BCUT2D eigenvalue weighted by Crippen LogP contribution is -2.46. The van der Waals surface area contributed by atoms with Gasteiger partial charge in [-0.05, 0) is 72.1 Å². The van der Waals surface area contributed by atoms with E-state index in [1.807, 2.05) is 55.5 Å². The van der Waals surface area contributed by atoms with Crippen molar-refractivity contribution >= 4 is 44.6 Å². The summed E-state index contributed by atoms with van der Waals surface area (Å²) in [7, 11) is -4.48. The first-order valence-corrected chi connectivity index (χ1v) is 19.2. The SMILES string of the molecule is C[C@@H](CSc1ccccc1)Nc1ccc(S(N)(=O)=O)c(C(=O)c2ccc(N3CCN(Cc4ccccc4-c4ccccc4)CC3)cc2)c1[N+](=O)[O-]. The van der Waals surface area contributed by atoms with Gasteiger partial charge in [-0.25, -0.2) is 13.6 Å². The molecule has 0 saturated carbocycles. The minimum absolute atomic E-state index is 0.0396. The van der Waals surface area contributed by atoms with E-state index >= 15 is 0 Å². The minimum atomic E-state index is -4.48. The number of thioether (sulfide) groups is 1. The van der Waals surface area contributed by atoms with Crippen LogP contribution in [0.5, 0.6) is 0 Å². The fourth-order valence-corrected chi connectivity index (χ4v) is 7.92. The zero-order chi connectivity index (χ0) is 36.0. The number of nitrogens with zero attached hydrogens (tertiary/aromatic N) is 3. The topological polar surface area (TPSA) is 139 Å². The van der Waals surface area contributed by atoms with Crippen molar-refractivity contribution in [1.29, 1.82) is 0 Å². The number of benzene rings is 5. The molecule has 5 aromatic carbocycles. The van der Waals surface area contributed by atoms with Gasteiger partial charge in [-0.1, -0.05) is 72.8 Å². The molecule has 0 aromatic heterocycles. The van der Waals surface area contributed by atoms with Crippen LogP contribution in [0.1, 0.15) is 28.4 Å². The van der Waals surface area contributed by atoms with E-state index in [0.717, 1.165) is 49.4 Å². The Hall–Kier alpha value is -5.01. The van der Waals surface area contributed by atoms with Crippen LogP contribution in [0.15, 0.2) is 131 Å². The van der Waals surface area contributed by atoms with E-state index in [1.54, 1.807) is 36.0 Å². The lowest BCUT2D eigenvalue weighted by Gasteiger charge is -2.36. The van der Waals surface area contributed by atoms with Gasteiger partial charge >= 0.3 is 5.69 Å². The van der Waals surface area contributed by atoms with E-state index in [1.165, 1.54) is 22.8 Å². The molecule has 1 fully saturated rings. The highest BCUT2D eigenvalue weighted by Crippen LogP contribution is 2.36. The predicted molar refractivity (Wildman–Crippen MR) is 204 cm³/mol. The molecule has 1 heterocycles.